The Labute approximate surface area is 332 Å². The van der Waals surface area contributed by atoms with E-state index in [0.29, 0.717) is 49.9 Å². The summed E-state index contributed by atoms with van der Waals surface area (Å²) in [4.78, 5) is 18.7. The minimum absolute atomic E-state index is 0. The molecule has 17 heteroatoms. The van der Waals surface area contributed by atoms with Crippen LogP contribution in [0.15, 0.2) is 88.3 Å². The molecule has 0 aromatic heterocycles. The van der Waals surface area contributed by atoms with E-state index in [1.165, 1.54) is 11.4 Å². The molecular weight excluding hydrogens is 788 g/mol. The first-order valence-corrected chi connectivity index (χ1v) is 22.3. The maximum atomic E-state index is 12.1. The third kappa shape index (κ3) is 8.35. The van der Waals surface area contributed by atoms with Crippen molar-refractivity contribution in [1.29, 1.82) is 0 Å². The molecule has 10 rings (SSSR count). The van der Waals surface area contributed by atoms with E-state index in [2.05, 4.69) is 43.4 Å². The number of aliphatic imine (C=N–C) groups is 4. The first kappa shape index (κ1) is 38.8. The van der Waals surface area contributed by atoms with Crippen molar-refractivity contribution in [2.45, 2.75) is 139 Å². The number of rotatable bonds is 2. The van der Waals surface area contributed by atoms with E-state index in [1.807, 2.05) is 12.2 Å². The van der Waals surface area contributed by atoms with Gasteiger partial charge >= 0.3 is 16.8 Å². The number of allylic oxidation sites excluding steroid dienone is 10. The minimum atomic E-state index is -4.55. The van der Waals surface area contributed by atoms with Crippen LogP contribution in [0, 0.1) is 0 Å². The van der Waals surface area contributed by atoms with Crippen LogP contribution in [0.4, 0.5) is 0 Å². The molecule has 0 aromatic rings. The second kappa shape index (κ2) is 15.4. The number of hydrogen-bond acceptors (Lipinski definition) is 14. The molecule has 0 saturated carbocycles. The fraction of sp³-hybridized carbons (Fsp3) is 0.579. The van der Waals surface area contributed by atoms with Gasteiger partial charge in [0, 0.05) is 69.8 Å². The van der Waals surface area contributed by atoms with Crippen LogP contribution in [0.2, 0.25) is 0 Å². The van der Waals surface area contributed by atoms with Gasteiger partial charge in [0.15, 0.2) is 0 Å². The van der Waals surface area contributed by atoms with Crippen molar-refractivity contribution in [1.82, 2.24) is 21.3 Å². The average molecular weight is 834 g/mol. The standard InChI is InChI=1S/2C19H24N4O3S.Co/c2*24-27(25,26)19-17-6-4-14(22-17)10-12-2-1-11(20-12)9-13-3-5-15(21-13)16-7-8-18(19)23-16;/h2*9-10,15-16,18,20,23H,1-8H2,(H,24,25,26);/q;;+2/p-2. The van der Waals surface area contributed by atoms with Gasteiger partial charge in [-0.25, -0.2) is 16.8 Å². The summed E-state index contributed by atoms with van der Waals surface area (Å²) in [5.74, 6) is 0. The average Bonchev–Trinajstić information content (AvgIpc) is 3.94. The van der Waals surface area contributed by atoms with Crippen molar-refractivity contribution in [3.05, 3.63) is 68.3 Å². The molecule has 10 aliphatic rings. The zero-order valence-corrected chi connectivity index (χ0v) is 33.1. The molecule has 16 bridgehead atoms. The Kier molecular flexibility index (Phi) is 10.9. The van der Waals surface area contributed by atoms with Gasteiger partial charge in [-0.2, -0.15) is 0 Å². The molecule has 4 N–H and O–H groups in total. The van der Waals surface area contributed by atoms with Crippen molar-refractivity contribution in [3.63, 3.8) is 0 Å². The molecule has 0 aromatic carbocycles. The number of nitrogens with zero attached hydrogens (tertiary/aromatic N) is 4. The minimum Gasteiger partial charge on any atom is -0.744 e. The van der Waals surface area contributed by atoms with Gasteiger partial charge in [-0.05, 0) is 127 Å². The van der Waals surface area contributed by atoms with Crippen LogP contribution in [-0.2, 0) is 37.0 Å². The molecule has 295 valence electrons. The van der Waals surface area contributed by atoms with Gasteiger partial charge in [0.2, 0.25) is 0 Å². The Bertz CT molecular complexity index is 2050. The summed E-state index contributed by atoms with van der Waals surface area (Å²) >= 11 is 0. The summed E-state index contributed by atoms with van der Waals surface area (Å²) in [6, 6.07) is -0.369. The Hall–Kier alpha value is -3.03. The van der Waals surface area contributed by atoms with Crippen molar-refractivity contribution in [2.24, 2.45) is 20.0 Å². The van der Waals surface area contributed by atoms with Crippen molar-refractivity contribution < 1.29 is 42.7 Å². The van der Waals surface area contributed by atoms with Gasteiger partial charge in [-0.15, -0.1) is 0 Å². The molecule has 0 amide bonds. The topological polar surface area (TPSA) is 212 Å². The van der Waals surface area contributed by atoms with E-state index < -0.39 is 32.3 Å². The summed E-state index contributed by atoms with van der Waals surface area (Å²) in [7, 11) is -9.11. The summed E-state index contributed by atoms with van der Waals surface area (Å²) < 4.78 is 72.3. The second-order valence-electron chi connectivity index (χ2n) is 15.9. The predicted molar refractivity (Wildman–Crippen MR) is 205 cm³/mol. The summed E-state index contributed by atoms with van der Waals surface area (Å²) in [6.07, 6.45) is 21.2. The van der Waals surface area contributed by atoms with Gasteiger partial charge in [0.05, 0.1) is 33.3 Å². The Balaban J connectivity index is 0.000000153. The first-order chi connectivity index (χ1) is 25.9. The van der Waals surface area contributed by atoms with E-state index in [1.54, 1.807) is 0 Å². The molecule has 10 aliphatic heterocycles. The summed E-state index contributed by atoms with van der Waals surface area (Å²) in [5.41, 5.74) is 9.35. The quantitative estimate of drug-likeness (QED) is 0.296. The van der Waals surface area contributed by atoms with Crippen LogP contribution in [0.25, 0.3) is 0 Å². The SMILES string of the molecule is O=S(=O)([O-])C1=C2CCC(=N2)C=C2CCC(=CC3=NC(CC3)C3CCC1N3)N2.O=S(=O)([O-])C1=C2CCC(=N2)C=C2CCC(=CC3=NC(CC3)C3CCC1N3)N2.[Co+2]. The van der Waals surface area contributed by atoms with Gasteiger partial charge in [-0.1, -0.05) is 0 Å². The summed E-state index contributed by atoms with van der Waals surface area (Å²) in [5, 5.41) is 13.7. The van der Waals surface area contributed by atoms with E-state index in [4.69, 9.17) is 9.98 Å². The molecule has 0 spiro atoms. The molecule has 10 heterocycles. The molecule has 4 fully saturated rings. The smallest absolute Gasteiger partial charge is 0.744 e. The molecule has 1 radical (unpaired) electrons. The van der Waals surface area contributed by atoms with E-state index in [0.717, 1.165) is 98.4 Å². The zero-order valence-electron chi connectivity index (χ0n) is 30.5. The molecule has 55 heavy (non-hydrogen) atoms. The molecule has 14 nitrogen and oxygen atoms in total. The van der Waals surface area contributed by atoms with Gasteiger partial charge in [0.1, 0.15) is 20.2 Å². The van der Waals surface area contributed by atoms with Crippen LogP contribution in [0.5, 0.6) is 0 Å². The third-order valence-electron chi connectivity index (χ3n) is 12.2. The number of hydrogen-bond donors (Lipinski definition) is 4. The van der Waals surface area contributed by atoms with E-state index in [9.17, 15) is 25.9 Å². The van der Waals surface area contributed by atoms with Crippen molar-refractivity contribution in [3.8, 4) is 0 Å². The Morgan fingerprint density at radius 1 is 0.491 bits per heavy atom. The maximum Gasteiger partial charge on any atom is 2.00 e. The Morgan fingerprint density at radius 3 is 1.25 bits per heavy atom. The maximum absolute atomic E-state index is 12.1. The predicted octanol–water partition coefficient (Wildman–Crippen LogP) is 3.73. The molecular formula is C38H46CoN8O6S2. The number of nitrogens with one attached hydrogen (secondary N) is 4. The van der Waals surface area contributed by atoms with Gasteiger partial charge in [-0.3, -0.25) is 20.0 Å². The van der Waals surface area contributed by atoms with E-state index >= 15 is 0 Å². The number of fused-ring (bicyclic) bond motifs is 14. The van der Waals surface area contributed by atoms with Crippen LogP contribution in [0.1, 0.15) is 103 Å². The van der Waals surface area contributed by atoms with Crippen molar-refractivity contribution >= 4 is 43.1 Å². The third-order valence-corrected chi connectivity index (χ3v) is 14.3. The van der Waals surface area contributed by atoms with Crippen LogP contribution in [-0.4, -0.2) is 85.0 Å². The van der Waals surface area contributed by atoms with Gasteiger partial charge < -0.3 is 30.4 Å². The summed E-state index contributed by atoms with van der Waals surface area (Å²) in [6.45, 7) is 0. The fourth-order valence-electron chi connectivity index (χ4n) is 9.75. The molecule has 6 atom stereocenters. The Morgan fingerprint density at radius 2 is 0.873 bits per heavy atom. The van der Waals surface area contributed by atoms with Crippen molar-refractivity contribution in [2.75, 3.05) is 0 Å². The normalized spacial score (nSPS) is 32.4. The first-order valence-electron chi connectivity index (χ1n) is 19.5. The van der Waals surface area contributed by atoms with Gasteiger partial charge in [0.25, 0.3) is 0 Å². The van der Waals surface area contributed by atoms with Crippen LogP contribution < -0.4 is 21.3 Å². The second-order valence-corrected chi connectivity index (χ2v) is 18.6. The molecule has 0 aliphatic carbocycles. The zero-order chi connectivity index (χ0) is 37.2. The van der Waals surface area contributed by atoms with Crippen LogP contribution in [0.3, 0.4) is 0 Å². The largest absolute Gasteiger partial charge is 2.00 e. The van der Waals surface area contributed by atoms with E-state index in [-0.39, 0.29) is 50.8 Å². The van der Waals surface area contributed by atoms with Crippen LogP contribution >= 0.6 is 0 Å². The monoisotopic (exact) mass is 833 g/mol. The molecule has 6 unspecified atom stereocenters. The molecule has 4 saturated heterocycles. The fourth-order valence-corrected chi connectivity index (χ4v) is 11.7.